The maximum Gasteiger partial charge on any atom is 0.510 e. The number of aliphatic hydroxyl groups is 1. The molecular formula is C96H108ClN17O27. The van der Waals surface area contributed by atoms with Gasteiger partial charge in [-0.2, -0.15) is 0 Å². The van der Waals surface area contributed by atoms with Crippen molar-refractivity contribution >= 4 is 134 Å². The summed E-state index contributed by atoms with van der Waals surface area (Å²) in [5.41, 5.74) is 10.7. The van der Waals surface area contributed by atoms with Gasteiger partial charge in [-0.05, 0) is 134 Å². The lowest BCUT2D eigenvalue weighted by Gasteiger charge is -2.35. The van der Waals surface area contributed by atoms with E-state index in [1.807, 2.05) is 0 Å². The Hall–Kier alpha value is -15.8. The van der Waals surface area contributed by atoms with Crippen LogP contribution in [-0.2, 0) is 135 Å². The zero-order valence-electron chi connectivity index (χ0n) is 78.3. The third-order valence-electron chi connectivity index (χ3n) is 24.9. The number of nitrogens with one attached hydrogen (secondary N) is 9. The number of aliphatic carboxylic acids is 2. The summed E-state index contributed by atoms with van der Waals surface area (Å²) in [5, 5.41) is 59.4. The predicted octanol–water partition coefficient (Wildman–Crippen LogP) is 7.04. The number of guanidine groups is 1. The second kappa shape index (κ2) is 43.9. The Kier molecular flexibility index (Phi) is 32.0. The van der Waals surface area contributed by atoms with Gasteiger partial charge in [0.1, 0.15) is 56.3 Å². The van der Waals surface area contributed by atoms with Gasteiger partial charge in [-0.1, -0.05) is 71.9 Å². The van der Waals surface area contributed by atoms with Gasteiger partial charge >= 0.3 is 48.3 Å². The van der Waals surface area contributed by atoms with Crippen molar-refractivity contribution in [3.8, 4) is 40.0 Å². The highest BCUT2D eigenvalue weighted by atomic mass is 35.5. The van der Waals surface area contributed by atoms with Crippen molar-refractivity contribution in [1.82, 2.24) is 60.8 Å². The number of likely N-dealkylation sites (N-methyl/N-ethyl adjacent to an activating group) is 2. The smallest absolute Gasteiger partial charge is 0.481 e. The molecule has 0 radical (unpaired) electrons. The Morgan fingerprint density at radius 2 is 1.11 bits per heavy atom. The zero-order valence-corrected chi connectivity index (χ0v) is 79.1. The lowest BCUT2D eigenvalue weighted by Crippen LogP contribution is -2.54. The Morgan fingerprint density at radius 3 is 1.62 bits per heavy atom. The van der Waals surface area contributed by atoms with Gasteiger partial charge in [0, 0.05) is 109 Å². The van der Waals surface area contributed by atoms with Gasteiger partial charge in [-0.25, -0.2) is 38.7 Å². The van der Waals surface area contributed by atoms with E-state index in [1.165, 1.54) is 81.6 Å². The van der Waals surface area contributed by atoms with Crippen molar-refractivity contribution in [3.05, 3.63) is 179 Å². The molecule has 0 aliphatic carbocycles. The normalized spacial score (nSPS) is 16.2. The Morgan fingerprint density at radius 1 is 0.610 bits per heavy atom. The number of hydrogen-bond donors (Lipinski definition) is 14. The molecule has 141 heavy (non-hydrogen) atoms. The Balaban J connectivity index is 0.718. The number of ether oxygens (including phenoxy) is 8. The number of cyclic esters (lactones) is 2. The highest BCUT2D eigenvalue weighted by Gasteiger charge is 2.52. The number of carbonyl (C=O) groups excluding carboxylic acids is 12. The number of benzene rings is 4. The Labute approximate surface area is 810 Å². The summed E-state index contributed by atoms with van der Waals surface area (Å²) in [6.45, 7) is 12.2. The standard InChI is InChI=1S/C96H108ClN17O27/c1-10-15-54-56-34-53(138-93(131)112(9)33-32-111(8)92(130)136-43-49-18-22-51(23-19-49)103-82(122)66(17-14-31-102-91(100)129)107-84(124)77(48(6)7)109-73(116)27-29-75(119)120)35-57(78(56)110-80-59(54)41-113-68(80)37-63-61(85(113)125)45-134-88(127)95(63,133)11-2)87-139-70-36-55-58(40-97)60-42-114-69(79(60)105-67(55)39-71(70)140-87)38-64-62(86(114)126)46-135-89(128)96(64,12-3)141-94(132)137-44-50-20-24-52(25-21-50)104-81(121)65(16-13-30-101-90(98)99)106-83(123)76(47(4)5)108-72(115)26-28-74(117)118/h10,18-25,34-39,47-48,65-66,76-77,87,133H,1,11-17,26-33,40-46H2,2-9H3,(H,103,122)(H,104,121)(H,106,123)(H,107,124)(H,108,115)(H,109,116)(H,117,118)(H,119,120)(H4,98,99,101)(H3,100,102,129)/t65-,66-,76-,77-,87?,95-,96-/m0/s1. The number of aromatic nitrogens is 4. The predicted molar refractivity (Wildman–Crippen MR) is 504 cm³/mol. The van der Waals surface area contributed by atoms with E-state index in [1.54, 1.807) is 84.0 Å². The number of carboxylic acid groups (broad SMARTS) is 2. The van der Waals surface area contributed by atoms with Gasteiger partial charge in [0.05, 0.1) is 76.4 Å². The van der Waals surface area contributed by atoms with Crippen molar-refractivity contribution in [2.45, 2.75) is 199 Å². The minimum atomic E-state index is -2.24. The summed E-state index contributed by atoms with van der Waals surface area (Å²) >= 11 is 6.96. The molecule has 0 saturated carbocycles. The maximum atomic E-state index is 14.9. The third kappa shape index (κ3) is 22.8. The van der Waals surface area contributed by atoms with Crippen molar-refractivity contribution < 1.29 is 120 Å². The van der Waals surface area contributed by atoms with Crippen LogP contribution in [0.1, 0.15) is 173 Å². The fraction of sp³-hybridized carbons (Fsp3) is 0.406. The lowest BCUT2D eigenvalue weighted by atomic mass is 9.85. The summed E-state index contributed by atoms with van der Waals surface area (Å²) in [4.78, 5) is 226. The van der Waals surface area contributed by atoms with E-state index in [2.05, 4.69) is 49.1 Å². The van der Waals surface area contributed by atoms with Crippen LogP contribution in [0.2, 0.25) is 0 Å². The molecule has 4 aromatic carbocycles. The van der Waals surface area contributed by atoms with E-state index in [9.17, 15) is 81.8 Å². The Bertz CT molecular complexity index is 6500. The molecule has 0 fully saturated rings. The molecule has 0 saturated heterocycles. The molecule has 13 rings (SSSR count). The number of carbonyl (C=O) groups is 14. The van der Waals surface area contributed by atoms with Crippen LogP contribution < -0.4 is 79.3 Å². The van der Waals surface area contributed by atoms with Crippen molar-refractivity contribution in [3.63, 3.8) is 0 Å². The second-order valence-electron chi connectivity index (χ2n) is 35.1. The van der Waals surface area contributed by atoms with E-state index >= 15 is 0 Å². The van der Waals surface area contributed by atoms with E-state index in [-0.39, 0.29) is 195 Å². The topological polar surface area (TPSA) is 622 Å². The molecule has 9 heterocycles. The molecule has 44 nitrogen and oxygen atoms in total. The number of pyridine rings is 4. The van der Waals surface area contributed by atoms with Gasteiger partial charge in [0.2, 0.25) is 41.0 Å². The summed E-state index contributed by atoms with van der Waals surface area (Å²) in [7, 11) is 2.89. The van der Waals surface area contributed by atoms with Crippen molar-refractivity contribution in [2.24, 2.45) is 23.3 Å². The van der Waals surface area contributed by atoms with Gasteiger partial charge in [0.15, 0.2) is 23.1 Å². The van der Waals surface area contributed by atoms with Crippen LogP contribution in [-0.4, -0.2) is 198 Å². The number of nitrogens with two attached hydrogens (primary N) is 2. The largest absolute Gasteiger partial charge is 0.510 e. The first-order chi connectivity index (χ1) is 67.2. The average Bonchev–Trinajstić information content (AvgIpc) is 1.62. The maximum absolute atomic E-state index is 14.9. The molecule has 4 aromatic heterocycles. The summed E-state index contributed by atoms with van der Waals surface area (Å²) in [5.74, 6) is -9.55. The van der Waals surface area contributed by atoms with Crippen LogP contribution in [0.5, 0.6) is 17.2 Å². The molecule has 10 amide bonds. The van der Waals surface area contributed by atoms with Crippen LogP contribution in [0.3, 0.4) is 0 Å². The number of primary amides is 1. The number of anilines is 2. The first-order valence-corrected chi connectivity index (χ1v) is 46.0. The molecule has 45 heteroatoms. The van der Waals surface area contributed by atoms with E-state index in [0.717, 1.165) is 0 Å². The van der Waals surface area contributed by atoms with Gasteiger partial charge in [-0.15, -0.1) is 18.2 Å². The van der Waals surface area contributed by atoms with Crippen LogP contribution in [0.25, 0.3) is 44.6 Å². The summed E-state index contributed by atoms with van der Waals surface area (Å²) in [6.07, 6.45) is -4.17. The van der Waals surface area contributed by atoms with Crippen LogP contribution in [0.4, 0.5) is 30.6 Å². The molecule has 5 aliphatic rings. The van der Waals surface area contributed by atoms with Gasteiger partial charge < -0.3 is 126 Å². The highest BCUT2D eigenvalue weighted by molar-refractivity contribution is 6.18. The van der Waals surface area contributed by atoms with E-state index in [0.29, 0.717) is 55.4 Å². The van der Waals surface area contributed by atoms with Gasteiger partial charge in [0.25, 0.3) is 17.4 Å². The highest BCUT2D eigenvalue weighted by Crippen LogP contribution is 2.50. The molecule has 8 aromatic rings. The number of esters is 2. The van der Waals surface area contributed by atoms with Crippen LogP contribution >= 0.6 is 11.6 Å². The number of halogens is 1. The minimum absolute atomic E-state index is 0.00324. The molecule has 7 atom stereocenters. The summed E-state index contributed by atoms with van der Waals surface area (Å²) in [6, 6.07) is 16.3. The fourth-order valence-corrected chi connectivity index (χ4v) is 17.4. The number of hydrogen-bond acceptors (Lipinski definition) is 28. The number of carboxylic acids is 2. The number of amides is 10. The number of alkyl halides is 1. The molecule has 0 spiro atoms. The minimum Gasteiger partial charge on any atom is -0.481 e. The van der Waals surface area contributed by atoms with Crippen molar-refractivity contribution in [1.29, 1.82) is 5.41 Å². The van der Waals surface area contributed by atoms with Gasteiger partial charge in [-0.3, -0.25) is 53.4 Å². The first kappa shape index (κ1) is 103. The molecule has 0 bridgehead atoms. The molecule has 5 aliphatic heterocycles. The monoisotopic (exact) mass is 1970 g/mol. The molecule has 1 unspecified atom stereocenters. The number of fused-ring (bicyclic) bond motifs is 11. The number of rotatable bonds is 41. The number of allylic oxidation sites excluding steroid dienone is 1. The molecule has 16 N–H and O–H groups in total. The number of urea groups is 1. The van der Waals surface area contributed by atoms with E-state index < -0.39 is 181 Å². The third-order valence-corrected chi connectivity index (χ3v) is 25.1. The molecule has 746 valence electrons. The van der Waals surface area contributed by atoms with E-state index in [4.69, 9.17) is 86.6 Å². The van der Waals surface area contributed by atoms with Crippen LogP contribution in [0.15, 0.2) is 107 Å². The average molecular weight is 1970 g/mol. The summed E-state index contributed by atoms with van der Waals surface area (Å²) < 4.78 is 50.9. The fourth-order valence-electron chi connectivity index (χ4n) is 17.1. The quantitative estimate of drug-likeness (QED) is 0.00347. The zero-order chi connectivity index (χ0) is 102. The molecular weight excluding hydrogens is 1860 g/mol. The van der Waals surface area contributed by atoms with Crippen molar-refractivity contribution in [2.75, 3.05) is 50.9 Å². The SMILES string of the molecule is C=CCc1c2c(nc3c(C4Oc5cc6nc7c(c(CCl)c6cc5O4)Cn4c-7cc5c(c4=O)COC(=O)[C@@]5(CC)OC(=O)OCc4ccc(NC(=O)[C@H](CCCNC(=N)N)NC(=O)[C@@H](NC(=O)CCC(=O)O)C(C)C)cc4)cc(OC(=O)N(C)CCN(C)C(=O)OCc4ccc(NC(=O)[C@H](CCCNC(N)=O)NC(=O)[C@@H](NC(=O)CCC(=O)O)C(C)C)cc4)cc13)-c1cc3c(c(=O)n1C2)COC(=O)[C@]3(O)CC. The second-order valence-corrected chi connectivity index (χ2v) is 35.4. The van der Waals surface area contributed by atoms with Crippen LogP contribution in [0, 0.1) is 17.2 Å². The first-order valence-electron chi connectivity index (χ1n) is 45.5. The number of nitrogens with zero attached hydrogens (tertiary/aromatic N) is 6. The lowest BCUT2D eigenvalue weighted by molar-refractivity contribution is -0.175.